The third kappa shape index (κ3) is 1.98. The summed E-state index contributed by atoms with van der Waals surface area (Å²) in [5.74, 6) is 0.958. The maximum absolute atomic E-state index is 11.3. The lowest BCUT2D eigenvalue weighted by molar-refractivity contribution is 0.993. The topological polar surface area (TPSA) is 94.5 Å². The molecule has 2 heterocycles. The lowest BCUT2D eigenvalue weighted by Gasteiger charge is -2.03. The van der Waals surface area contributed by atoms with E-state index < -0.39 is 0 Å². The molecule has 1 saturated carbocycles. The fourth-order valence-electron chi connectivity index (χ4n) is 1.63. The van der Waals surface area contributed by atoms with E-state index in [9.17, 15) is 4.79 Å². The molecular formula is C11H9N5OS. The molecule has 2 aromatic heterocycles. The highest BCUT2D eigenvalue weighted by atomic mass is 32.1. The normalized spacial score (nSPS) is 14.2. The standard InChI is InChI=1S/C11H9N5OS/c12-5-7-9(17)16-18-10(7)15-11-13-4-3-8(14-11)6-1-2-6/h3-4,6H,1-2H2,(H,16,17)(H,13,14,15). The van der Waals surface area contributed by atoms with Crippen LogP contribution in [0.25, 0.3) is 0 Å². The van der Waals surface area contributed by atoms with Crippen molar-refractivity contribution >= 4 is 22.5 Å². The highest BCUT2D eigenvalue weighted by molar-refractivity contribution is 7.10. The molecule has 0 unspecified atom stereocenters. The van der Waals surface area contributed by atoms with E-state index in [-0.39, 0.29) is 11.1 Å². The molecule has 0 saturated heterocycles. The molecule has 2 aromatic rings. The summed E-state index contributed by atoms with van der Waals surface area (Å²) in [7, 11) is 0. The summed E-state index contributed by atoms with van der Waals surface area (Å²) in [6.45, 7) is 0. The Morgan fingerprint density at radius 1 is 1.56 bits per heavy atom. The Labute approximate surface area is 106 Å². The number of hydrogen-bond donors (Lipinski definition) is 2. The maximum atomic E-state index is 11.3. The van der Waals surface area contributed by atoms with E-state index in [1.165, 1.54) is 0 Å². The Kier molecular flexibility index (Phi) is 2.57. The average molecular weight is 259 g/mol. The van der Waals surface area contributed by atoms with Crippen LogP contribution in [0, 0.1) is 11.3 Å². The fourth-order valence-corrected chi connectivity index (χ4v) is 2.31. The minimum Gasteiger partial charge on any atom is -0.313 e. The van der Waals surface area contributed by atoms with Crippen molar-refractivity contribution in [1.29, 1.82) is 5.26 Å². The summed E-state index contributed by atoms with van der Waals surface area (Å²) in [5, 5.41) is 12.2. The molecule has 3 rings (SSSR count). The van der Waals surface area contributed by atoms with Crippen LogP contribution in [0.15, 0.2) is 17.1 Å². The molecule has 18 heavy (non-hydrogen) atoms. The first kappa shape index (κ1) is 10.9. The number of aromatic amines is 1. The molecule has 1 fully saturated rings. The van der Waals surface area contributed by atoms with Crippen molar-refractivity contribution in [2.75, 3.05) is 5.32 Å². The monoisotopic (exact) mass is 259 g/mol. The molecule has 6 nitrogen and oxygen atoms in total. The molecule has 1 aliphatic rings. The molecule has 1 aliphatic carbocycles. The Morgan fingerprint density at radius 3 is 3.11 bits per heavy atom. The van der Waals surface area contributed by atoms with E-state index in [1.807, 2.05) is 12.1 Å². The van der Waals surface area contributed by atoms with Crippen LogP contribution in [-0.4, -0.2) is 14.3 Å². The lowest BCUT2D eigenvalue weighted by atomic mass is 10.3. The highest BCUT2D eigenvalue weighted by Crippen LogP contribution is 2.39. The Morgan fingerprint density at radius 2 is 2.39 bits per heavy atom. The molecule has 0 aromatic carbocycles. The summed E-state index contributed by atoms with van der Waals surface area (Å²) in [6.07, 6.45) is 4.01. The summed E-state index contributed by atoms with van der Waals surface area (Å²) in [6, 6.07) is 3.76. The van der Waals surface area contributed by atoms with Gasteiger partial charge in [0.2, 0.25) is 5.95 Å². The van der Waals surface area contributed by atoms with Crippen molar-refractivity contribution in [2.45, 2.75) is 18.8 Å². The Bertz CT molecular complexity index is 679. The minimum atomic E-state index is -0.386. The van der Waals surface area contributed by atoms with Crippen LogP contribution in [0.4, 0.5) is 10.9 Å². The van der Waals surface area contributed by atoms with Gasteiger partial charge >= 0.3 is 0 Å². The van der Waals surface area contributed by atoms with E-state index in [4.69, 9.17) is 5.26 Å². The van der Waals surface area contributed by atoms with E-state index in [1.54, 1.807) is 6.20 Å². The first-order chi connectivity index (χ1) is 8.78. The van der Waals surface area contributed by atoms with Crippen molar-refractivity contribution in [2.24, 2.45) is 0 Å². The smallest absolute Gasteiger partial charge is 0.278 e. The quantitative estimate of drug-likeness (QED) is 0.875. The van der Waals surface area contributed by atoms with E-state index >= 15 is 0 Å². The first-order valence-corrected chi connectivity index (χ1v) is 6.31. The predicted molar refractivity (Wildman–Crippen MR) is 66.9 cm³/mol. The van der Waals surface area contributed by atoms with Gasteiger partial charge in [0.1, 0.15) is 11.1 Å². The van der Waals surface area contributed by atoms with Crippen LogP contribution >= 0.6 is 11.5 Å². The summed E-state index contributed by atoms with van der Waals surface area (Å²) >= 11 is 1.07. The predicted octanol–water partition coefficient (Wildman–Crippen LogP) is 1.72. The van der Waals surface area contributed by atoms with Gasteiger partial charge in [0, 0.05) is 17.8 Å². The van der Waals surface area contributed by atoms with Gasteiger partial charge in [-0.1, -0.05) is 0 Å². The summed E-state index contributed by atoms with van der Waals surface area (Å²) in [4.78, 5) is 19.8. The van der Waals surface area contributed by atoms with Crippen molar-refractivity contribution in [3.8, 4) is 6.07 Å². The summed E-state index contributed by atoms with van der Waals surface area (Å²) < 4.78 is 2.50. The van der Waals surface area contributed by atoms with Crippen LogP contribution in [0.1, 0.15) is 30.0 Å². The molecule has 0 atom stereocenters. The maximum Gasteiger partial charge on any atom is 0.278 e. The van der Waals surface area contributed by atoms with Gasteiger partial charge in [0.25, 0.3) is 5.56 Å². The number of nitriles is 1. The molecule has 0 bridgehead atoms. The largest absolute Gasteiger partial charge is 0.313 e. The van der Waals surface area contributed by atoms with Gasteiger partial charge in [-0.25, -0.2) is 9.97 Å². The van der Waals surface area contributed by atoms with Gasteiger partial charge in [-0.3, -0.25) is 9.17 Å². The molecule has 0 aliphatic heterocycles. The molecule has 0 spiro atoms. The fraction of sp³-hybridized carbons (Fsp3) is 0.273. The molecule has 0 amide bonds. The Hall–Kier alpha value is -2.20. The highest BCUT2D eigenvalue weighted by Gasteiger charge is 2.25. The van der Waals surface area contributed by atoms with Gasteiger partial charge in [-0.2, -0.15) is 5.26 Å². The van der Waals surface area contributed by atoms with Gasteiger partial charge < -0.3 is 5.32 Å². The average Bonchev–Trinajstić information content (AvgIpc) is 3.16. The van der Waals surface area contributed by atoms with E-state index in [0.717, 1.165) is 30.1 Å². The van der Waals surface area contributed by atoms with E-state index in [2.05, 4.69) is 19.7 Å². The number of H-pyrrole nitrogens is 1. The van der Waals surface area contributed by atoms with Crippen molar-refractivity contribution in [3.05, 3.63) is 33.9 Å². The number of nitrogens with zero attached hydrogens (tertiary/aromatic N) is 3. The number of nitrogens with one attached hydrogen (secondary N) is 2. The Balaban J connectivity index is 1.90. The van der Waals surface area contributed by atoms with Crippen LogP contribution < -0.4 is 10.9 Å². The third-order valence-corrected chi connectivity index (χ3v) is 3.51. The second-order valence-electron chi connectivity index (χ2n) is 4.05. The summed E-state index contributed by atoms with van der Waals surface area (Å²) in [5.41, 5.74) is 0.692. The first-order valence-electron chi connectivity index (χ1n) is 5.49. The number of aromatic nitrogens is 3. The van der Waals surface area contributed by atoms with Crippen LogP contribution in [0.3, 0.4) is 0 Å². The molecule has 90 valence electrons. The molecule has 2 N–H and O–H groups in total. The number of anilines is 2. The van der Waals surface area contributed by atoms with Crippen molar-refractivity contribution < 1.29 is 0 Å². The molecule has 0 radical (unpaired) electrons. The lowest BCUT2D eigenvalue weighted by Crippen LogP contribution is -2.04. The van der Waals surface area contributed by atoms with Crippen LogP contribution in [0.2, 0.25) is 0 Å². The molecule has 7 heteroatoms. The van der Waals surface area contributed by atoms with Crippen molar-refractivity contribution in [1.82, 2.24) is 14.3 Å². The van der Waals surface area contributed by atoms with E-state index in [0.29, 0.717) is 16.9 Å². The zero-order valence-corrected chi connectivity index (χ0v) is 10.1. The second kappa shape index (κ2) is 4.23. The van der Waals surface area contributed by atoms with Crippen LogP contribution in [0.5, 0.6) is 0 Å². The zero-order valence-electron chi connectivity index (χ0n) is 9.30. The molecular weight excluding hydrogens is 250 g/mol. The number of hydrogen-bond acceptors (Lipinski definition) is 6. The van der Waals surface area contributed by atoms with Gasteiger partial charge in [-0.05, 0) is 30.4 Å². The second-order valence-corrected chi connectivity index (χ2v) is 4.87. The van der Waals surface area contributed by atoms with Crippen molar-refractivity contribution in [3.63, 3.8) is 0 Å². The van der Waals surface area contributed by atoms with Gasteiger partial charge in [-0.15, -0.1) is 0 Å². The minimum absolute atomic E-state index is 0.0698. The van der Waals surface area contributed by atoms with Gasteiger partial charge in [0.05, 0.1) is 0 Å². The van der Waals surface area contributed by atoms with Crippen LogP contribution in [-0.2, 0) is 0 Å². The number of rotatable bonds is 3. The third-order valence-electron chi connectivity index (χ3n) is 2.71. The van der Waals surface area contributed by atoms with Gasteiger partial charge in [0.15, 0.2) is 5.56 Å². The SMILES string of the molecule is N#Cc1c(Nc2nccc(C3CC3)n2)s[nH]c1=O. The zero-order chi connectivity index (χ0) is 12.5.